The van der Waals surface area contributed by atoms with Crippen LogP contribution in [-0.4, -0.2) is 19.8 Å². The molecule has 2 heteroatoms. The zero-order valence-electron chi connectivity index (χ0n) is 5.70. The van der Waals surface area contributed by atoms with Crippen molar-refractivity contribution in [1.29, 1.82) is 0 Å². The number of piperidine rings is 1. The maximum atomic E-state index is 11.8. The van der Waals surface area contributed by atoms with Gasteiger partial charge in [0.05, 0.1) is 6.67 Å². The van der Waals surface area contributed by atoms with Crippen molar-refractivity contribution < 1.29 is 4.39 Å². The first kappa shape index (κ1) is 7.00. The van der Waals surface area contributed by atoms with Gasteiger partial charge in [-0.2, -0.15) is 0 Å². The third kappa shape index (κ3) is 2.31. The first-order valence-corrected chi connectivity index (χ1v) is 3.70. The van der Waals surface area contributed by atoms with Gasteiger partial charge in [0, 0.05) is 0 Å². The zero-order chi connectivity index (χ0) is 6.53. The molecule has 0 aromatic carbocycles. The van der Waals surface area contributed by atoms with Crippen LogP contribution in [0.4, 0.5) is 4.39 Å². The topological polar surface area (TPSA) is 12.0 Å². The largest absolute Gasteiger partial charge is 0.317 e. The van der Waals surface area contributed by atoms with Crippen LogP contribution in [-0.2, 0) is 0 Å². The lowest BCUT2D eigenvalue weighted by molar-refractivity contribution is 0.315. The second-order valence-corrected chi connectivity index (χ2v) is 2.67. The van der Waals surface area contributed by atoms with E-state index in [1.807, 2.05) is 0 Å². The number of halogens is 1. The number of hydrogen-bond donors (Lipinski definition) is 1. The predicted molar refractivity (Wildman–Crippen MR) is 36.2 cm³/mol. The molecule has 54 valence electrons. The summed E-state index contributed by atoms with van der Waals surface area (Å²) in [4.78, 5) is 0. The van der Waals surface area contributed by atoms with E-state index >= 15 is 0 Å². The molecule has 0 saturated carbocycles. The third-order valence-corrected chi connectivity index (χ3v) is 1.98. The summed E-state index contributed by atoms with van der Waals surface area (Å²) in [5.41, 5.74) is 0. The highest BCUT2D eigenvalue weighted by Gasteiger charge is 2.11. The summed E-state index contributed by atoms with van der Waals surface area (Å²) in [6.07, 6.45) is 3.12. The molecule has 1 heterocycles. The highest BCUT2D eigenvalue weighted by molar-refractivity contribution is 4.67. The van der Waals surface area contributed by atoms with Crippen molar-refractivity contribution in [2.75, 3.05) is 19.8 Å². The van der Waals surface area contributed by atoms with Crippen molar-refractivity contribution in [2.24, 2.45) is 5.92 Å². The molecule has 1 rings (SSSR count). The van der Waals surface area contributed by atoms with Crippen molar-refractivity contribution in [3.8, 4) is 0 Å². The molecule has 0 amide bonds. The molecule has 1 fully saturated rings. The standard InChI is InChI=1S/C7H14FN/c8-4-1-7-2-5-9-6-3-7/h7,9H,1-6H2. The van der Waals surface area contributed by atoms with Crippen LogP contribution in [0.2, 0.25) is 0 Å². The van der Waals surface area contributed by atoms with E-state index in [9.17, 15) is 4.39 Å². The van der Waals surface area contributed by atoms with E-state index in [1.54, 1.807) is 0 Å². The SMILES string of the molecule is FCCC1CCNCC1. The van der Waals surface area contributed by atoms with Crippen LogP contribution in [0.15, 0.2) is 0 Å². The molecule has 0 aliphatic carbocycles. The van der Waals surface area contributed by atoms with E-state index in [0.29, 0.717) is 5.92 Å². The highest BCUT2D eigenvalue weighted by atomic mass is 19.1. The van der Waals surface area contributed by atoms with Crippen LogP contribution in [0.25, 0.3) is 0 Å². The Hall–Kier alpha value is -0.110. The van der Waals surface area contributed by atoms with Gasteiger partial charge in [0.2, 0.25) is 0 Å². The fraction of sp³-hybridized carbons (Fsp3) is 1.00. The highest BCUT2D eigenvalue weighted by Crippen LogP contribution is 2.15. The van der Waals surface area contributed by atoms with Gasteiger partial charge in [-0.15, -0.1) is 0 Å². The van der Waals surface area contributed by atoms with E-state index in [4.69, 9.17) is 0 Å². The van der Waals surface area contributed by atoms with Crippen LogP contribution in [0.3, 0.4) is 0 Å². The molecule has 1 aliphatic rings. The molecule has 0 atom stereocenters. The average molecular weight is 131 g/mol. The molecule has 0 radical (unpaired) electrons. The minimum Gasteiger partial charge on any atom is -0.317 e. The van der Waals surface area contributed by atoms with Crippen molar-refractivity contribution in [2.45, 2.75) is 19.3 Å². The average Bonchev–Trinajstić information content (AvgIpc) is 1.91. The fourth-order valence-electron chi connectivity index (χ4n) is 1.32. The van der Waals surface area contributed by atoms with Crippen LogP contribution >= 0.6 is 0 Å². The molecule has 0 aromatic rings. The summed E-state index contributed by atoms with van der Waals surface area (Å²) < 4.78 is 11.8. The van der Waals surface area contributed by atoms with Gasteiger partial charge in [0.15, 0.2) is 0 Å². The van der Waals surface area contributed by atoms with Crippen molar-refractivity contribution >= 4 is 0 Å². The van der Waals surface area contributed by atoms with E-state index in [2.05, 4.69) is 5.32 Å². The van der Waals surface area contributed by atoms with Gasteiger partial charge in [-0.1, -0.05) is 0 Å². The van der Waals surface area contributed by atoms with Crippen LogP contribution in [0, 0.1) is 5.92 Å². The number of alkyl halides is 1. The van der Waals surface area contributed by atoms with Gasteiger partial charge >= 0.3 is 0 Å². The first-order chi connectivity index (χ1) is 4.43. The molecule has 1 nitrogen and oxygen atoms in total. The summed E-state index contributed by atoms with van der Waals surface area (Å²) in [6.45, 7) is 2.04. The molecule has 0 spiro atoms. The Morgan fingerprint density at radius 2 is 2.00 bits per heavy atom. The molecular weight excluding hydrogens is 117 g/mol. The van der Waals surface area contributed by atoms with Crippen molar-refractivity contribution in [3.63, 3.8) is 0 Å². The lowest BCUT2D eigenvalue weighted by Crippen LogP contribution is -2.27. The number of rotatable bonds is 2. The van der Waals surface area contributed by atoms with Gasteiger partial charge in [-0.3, -0.25) is 4.39 Å². The maximum Gasteiger partial charge on any atom is 0.0897 e. The third-order valence-electron chi connectivity index (χ3n) is 1.98. The van der Waals surface area contributed by atoms with Gasteiger partial charge < -0.3 is 5.32 Å². The fourth-order valence-corrected chi connectivity index (χ4v) is 1.32. The quantitative estimate of drug-likeness (QED) is 0.596. The molecule has 0 unspecified atom stereocenters. The van der Waals surface area contributed by atoms with Crippen LogP contribution in [0.5, 0.6) is 0 Å². The summed E-state index contributed by atoms with van der Waals surface area (Å²) in [7, 11) is 0. The second kappa shape index (κ2) is 3.83. The Labute approximate surface area is 55.6 Å². The van der Waals surface area contributed by atoms with E-state index < -0.39 is 0 Å². The number of nitrogens with one attached hydrogen (secondary N) is 1. The Kier molecular flexibility index (Phi) is 2.98. The lowest BCUT2D eigenvalue weighted by Gasteiger charge is -2.20. The van der Waals surface area contributed by atoms with E-state index in [-0.39, 0.29) is 6.67 Å². The second-order valence-electron chi connectivity index (χ2n) is 2.67. The minimum absolute atomic E-state index is 0.134. The maximum absolute atomic E-state index is 11.8. The smallest absolute Gasteiger partial charge is 0.0897 e. The molecule has 1 saturated heterocycles. The Morgan fingerprint density at radius 1 is 1.33 bits per heavy atom. The Balaban J connectivity index is 2.08. The van der Waals surface area contributed by atoms with Gasteiger partial charge in [-0.25, -0.2) is 0 Å². The normalized spacial score (nSPS) is 22.3. The van der Waals surface area contributed by atoms with Crippen LogP contribution < -0.4 is 5.32 Å². The summed E-state index contributed by atoms with van der Waals surface area (Å²) >= 11 is 0. The van der Waals surface area contributed by atoms with Gasteiger partial charge in [-0.05, 0) is 38.3 Å². The first-order valence-electron chi connectivity index (χ1n) is 3.70. The van der Waals surface area contributed by atoms with E-state index in [1.165, 1.54) is 12.8 Å². The van der Waals surface area contributed by atoms with E-state index in [0.717, 1.165) is 19.5 Å². The molecule has 0 bridgehead atoms. The molecule has 1 N–H and O–H groups in total. The Morgan fingerprint density at radius 3 is 2.56 bits per heavy atom. The minimum atomic E-state index is -0.134. The molecule has 1 aliphatic heterocycles. The monoisotopic (exact) mass is 131 g/mol. The van der Waals surface area contributed by atoms with Gasteiger partial charge in [0.1, 0.15) is 0 Å². The molecular formula is C7H14FN. The Bertz CT molecular complexity index is 66.6. The zero-order valence-corrected chi connectivity index (χ0v) is 5.70. The van der Waals surface area contributed by atoms with Crippen LogP contribution in [0.1, 0.15) is 19.3 Å². The molecule has 0 aromatic heterocycles. The van der Waals surface area contributed by atoms with Crippen molar-refractivity contribution in [1.82, 2.24) is 5.32 Å². The summed E-state index contributed by atoms with van der Waals surface area (Å²) in [5, 5.41) is 3.25. The summed E-state index contributed by atoms with van der Waals surface area (Å²) in [5.74, 6) is 0.663. The predicted octanol–water partition coefficient (Wildman–Crippen LogP) is 1.35. The molecule has 9 heavy (non-hydrogen) atoms. The van der Waals surface area contributed by atoms with Gasteiger partial charge in [0.25, 0.3) is 0 Å². The lowest BCUT2D eigenvalue weighted by atomic mass is 9.95. The number of hydrogen-bond acceptors (Lipinski definition) is 1. The summed E-state index contributed by atoms with van der Waals surface area (Å²) in [6, 6.07) is 0. The van der Waals surface area contributed by atoms with Crippen molar-refractivity contribution in [3.05, 3.63) is 0 Å².